The van der Waals surface area contributed by atoms with Gasteiger partial charge in [-0.05, 0) is 43.5 Å². The van der Waals surface area contributed by atoms with Crippen molar-refractivity contribution < 1.29 is 9.72 Å². The highest BCUT2D eigenvalue weighted by atomic mass is 16.6. The molecular weight excluding hydrogens is 318 g/mol. The molecule has 2 aromatic carbocycles. The average Bonchev–Trinajstić information content (AvgIpc) is 2.61. The van der Waals surface area contributed by atoms with Crippen LogP contribution in [0.1, 0.15) is 30.0 Å². The summed E-state index contributed by atoms with van der Waals surface area (Å²) >= 11 is 0. The number of likely N-dealkylation sites (N-methyl/N-ethyl adjacent to an activating group) is 1. The molecule has 0 saturated carbocycles. The molecule has 130 valence electrons. The highest BCUT2D eigenvalue weighted by molar-refractivity contribution is 5.92. The number of nitrogens with one attached hydrogen (secondary N) is 1. The van der Waals surface area contributed by atoms with Gasteiger partial charge in [0.25, 0.3) is 5.69 Å². The van der Waals surface area contributed by atoms with E-state index in [1.165, 1.54) is 23.3 Å². The topological polar surface area (TPSA) is 75.5 Å². The van der Waals surface area contributed by atoms with Gasteiger partial charge in [0.1, 0.15) is 0 Å². The summed E-state index contributed by atoms with van der Waals surface area (Å²) in [5.74, 6) is -0.175. The second-order valence-corrected chi connectivity index (χ2v) is 6.38. The van der Waals surface area contributed by atoms with Crippen LogP contribution in [-0.2, 0) is 11.2 Å². The number of aryl methyl sites for hydroxylation is 1. The van der Waals surface area contributed by atoms with Gasteiger partial charge in [-0.15, -0.1) is 0 Å². The zero-order valence-electron chi connectivity index (χ0n) is 14.1. The zero-order valence-corrected chi connectivity index (χ0v) is 14.1. The minimum Gasteiger partial charge on any atom is -0.325 e. The van der Waals surface area contributed by atoms with Gasteiger partial charge in [0, 0.05) is 23.9 Å². The van der Waals surface area contributed by atoms with E-state index < -0.39 is 4.92 Å². The second-order valence-electron chi connectivity index (χ2n) is 6.38. The van der Waals surface area contributed by atoms with Crippen LogP contribution in [0.2, 0.25) is 0 Å². The molecule has 6 heteroatoms. The highest BCUT2D eigenvalue weighted by Crippen LogP contribution is 2.33. The summed E-state index contributed by atoms with van der Waals surface area (Å²) in [6.07, 6.45) is 3.22. The SMILES string of the molecule is CN(CC(=O)Nc1cccc([N+](=O)[O-])c1)C1CCCc2ccccc21. The zero-order chi connectivity index (χ0) is 17.8. The summed E-state index contributed by atoms with van der Waals surface area (Å²) in [6.45, 7) is 0.238. The van der Waals surface area contributed by atoms with Gasteiger partial charge in [-0.1, -0.05) is 30.3 Å². The van der Waals surface area contributed by atoms with Crippen molar-refractivity contribution in [2.45, 2.75) is 25.3 Å². The molecule has 1 atom stereocenters. The van der Waals surface area contributed by atoms with Crippen molar-refractivity contribution in [2.24, 2.45) is 0 Å². The minimum atomic E-state index is -0.471. The molecule has 1 amide bonds. The van der Waals surface area contributed by atoms with Gasteiger partial charge in [0.05, 0.1) is 11.5 Å². The Morgan fingerprint density at radius 2 is 2.08 bits per heavy atom. The Labute approximate surface area is 146 Å². The molecule has 1 aliphatic carbocycles. The molecule has 0 bridgehead atoms. The Balaban J connectivity index is 1.65. The number of nitro groups is 1. The number of hydrogen-bond acceptors (Lipinski definition) is 4. The van der Waals surface area contributed by atoms with Gasteiger partial charge in [0.2, 0.25) is 5.91 Å². The van der Waals surface area contributed by atoms with E-state index in [2.05, 4.69) is 23.5 Å². The van der Waals surface area contributed by atoms with Gasteiger partial charge < -0.3 is 5.32 Å². The summed E-state index contributed by atoms with van der Waals surface area (Å²) in [6, 6.07) is 14.6. The highest BCUT2D eigenvalue weighted by Gasteiger charge is 2.24. The fourth-order valence-corrected chi connectivity index (χ4v) is 3.42. The summed E-state index contributed by atoms with van der Waals surface area (Å²) in [5, 5.41) is 13.6. The Bertz CT molecular complexity index is 791. The fourth-order valence-electron chi connectivity index (χ4n) is 3.42. The summed E-state index contributed by atoms with van der Waals surface area (Å²) in [4.78, 5) is 24.7. The maximum absolute atomic E-state index is 12.3. The number of carbonyl (C=O) groups excluding carboxylic acids is 1. The number of anilines is 1. The average molecular weight is 339 g/mol. The number of non-ortho nitro benzene ring substituents is 1. The van der Waals surface area contributed by atoms with Gasteiger partial charge in [-0.25, -0.2) is 0 Å². The molecule has 0 heterocycles. The molecule has 0 fully saturated rings. The van der Waals surface area contributed by atoms with Crippen LogP contribution >= 0.6 is 0 Å². The molecule has 0 radical (unpaired) electrons. The van der Waals surface area contributed by atoms with E-state index in [0.717, 1.165) is 19.3 Å². The van der Waals surface area contributed by atoms with Crippen LogP contribution in [0, 0.1) is 10.1 Å². The third-order valence-electron chi connectivity index (χ3n) is 4.60. The first kappa shape index (κ1) is 17.1. The van der Waals surface area contributed by atoms with E-state index in [0.29, 0.717) is 5.69 Å². The Morgan fingerprint density at radius 1 is 1.28 bits per heavy atom. The van der Waals surface area contributed by atoms with Crippen molar-refractivity contribution in [1.82, 2.24) is 4.90 Å². The largest absolute Gasteiger partial charge is 0.325 e. The molecule has 1 N–H and O–H groups in total. The van der Waals surface area contributed by atoms with Crippen LogP contribution in [0.15, 0.2) is 48.5 Å². The van der Waals surface area contributed by atoms with Crippen molar-refractivity contribution in [3.63, 3.8) is 0 Å². The lowest BCUT2D eigenvalue weighted by molar-refractivity contribution is -0.384. The van der Waals surface area contributed by atoms with E-state index in [-0.39, 0.29) is 24.2 Å². The smallest absolute Gasteiger partial charge is 0.271 e. The molecule has 0 saturated heterocycles. The molecule has 1 aliphatic rings. The predicted molar refractivity (Wildman–Crippen MR) is 96.5 cm³/mol. The van der Waals surface area contributed by atoms with Gasteiger partial charge in [-0.3, -0.25) is 19.8 Å². The Morgan fingerprint density at radius 3 is 2.88 bits per heavy atom. The lowest BCUT2D eigenvalue weighted by Gasteiger charge is -2.32. The van der Waals surface area contributed by atoms with Crippen LogP contribution in [0.3, 0.4) is 0 Å². The molecular formula is C19H21N3O3. The van der Waals surface area contributed by atoms with Crippen LogP contribution in [0.25, 0.3) is 0 Å². The summed E-state index contributed by atoms with van der Waals surface area (Å²) in [7, 11) is 1.94. The van der Waals surface area contributed by atoms with Gasteiger partial charge in [-0.2, -0.15) is 0 Å². The lowest BCUT2D eigenvalue weighted by Crippen LogP contribution is -2.34. The van der Waals surface area contributed by atoms with E-state index >= 15 is 0 Å². The van der Waals surface area contributed by atoms with Crippen LogP contribution in [-0.4, -0.2) is 29.3 Å². The number of nitrogens with zero attached hydrogens (tertiary/aromatic N) is 2. The lowest BCUT2D eigenvalue weighted by atomic mass is 9.87. The first-order chi connectivity index (χ1) is 12.0. The van der Waals surface area contributed by atoms with Crippen LogP contribution in [0.5, 0.6) is 0 Å². The molecule has 0 aliphatic heterocycles. The first-order valence-corrected chi connectivity index (χ1v) is 8.37. The number of amides is 1. The van der Waals surface area contributed by atoms with Gasteiger partial charge >= 0.3 is 0 Å². The third-order valence-corrected chi connectivity index (χ3v) is 4.60. The molecule has 25 heavy (non-hydrogen) atoms. The van der Waals surface area contributed by atoms with Crippen molar-refractivity contribution in [1.29, 1.82) is 0 Å². The molecule has 6 nitrogen and oxygen atoms in total. The maximum Gasteiger partial charge on any atom is 0.271 e. The third kappa shape index (κ3) is 4.03. The Hall–Kier alpha value is -2.73. The molecule has 3 rings (SSSR count). The monoisotopic (exact) mass is 339 g/mol. The Kier molecular flexibility index (Phi) is 5.09. The number of carbonyl (C=O) groups is 1. The number of hydrogen-bond donors (Lipinski definition) is 1. The standard InChI is InChI=1S/C19H21N3O3/c1-21(18-11-4-7-14-6-2-3-10-17(14)18)13-19(23)20-15-8-5-9-16(12-15)22(24)25/h2-3,5-6,8-10,12,18H,4,7,11,13H2,1H3,(H,20,23). The predicted octanol–water partition coefficient (Wildman–Crippen LogP) is 3.54. The quantitative estimate of drug-likeness (QED) is 0.668. The van der Waals surface area contributed by atoms with Crippen LogP contribution in [0.4, 0.5) is 11.4 Å². The second kappa shape index (κ2) is 7.44. The maximum atomic E-state index is 12.3. The molecule has 2 aromatic rings. The first-order valence-electron chi connectivity index (χ1n) is 8.37. The summed E-state index contributed by atoms with van der Waals surface area (Å²) in [5.41, 5.74) is 3.05. The van der Waals surface area contributed by atoms with E-state index in [9.17, 15) is 14.9 Å². The summed E-state index contributed by atoms with van der Waals surface area (Å²) < 4.78 is 0. The number of fused-ring (bicyclic) bond motifs is 1. The van der Waals surface area contributed by atoms with E-state index in [4.69, 9.17) is 0 Å². The van der Waals surface area contributed by atoms with E-state index in [1.54, 1.807) is 12.1 Å². The number of benzene rings is 2. The van der Waals surface area contributed by atoms with Crippen molar-refractivity contribution >= 4 is 17.3 Å². The molecule has 0 spiro atoms. The fraction of sp³-hybridized carbons (Fsp3) is 0.316. The van der Waals surface area contributed by atoms with Crippen molar-refractivity contribution in [2.75, 3.05) is 18.9 Å². The number of nitro benzene ring substituents is 1. The van der Waals surface area contributed by atoms with Crippen molar-refractivity contribution in [3.8, 4) is 0 Å². The van der Waals surface area contributed by atoms with Crippen molar-refractivity contribution in [3.05, 3.63) is 69.8 Å². The van der Waals surface area contributed by atoms with E-state index in [1.807, 2.05) is 18.0 Å². The molecule has 1 unspecified atom stereocenters. The minimum absolute atomic E-state index is 0.0348. The van der Waals surface area contributed by atoms with Gasteiger partial charge in [0.15, 0.2) is 0 Å². The van der Waals surface area contributed by atoms with Crippen LogP contribution < -0.4 is 5.32 Å². The number of rotatable bonds is 5. The molecule has 0 aromatic heterocycles. The normalized spacial score (nSPS) is 16.3.